The van der Waals surface area contributed by atoms with E-state index < -0.39 is 17.7 Å². The van der Waals surface area contributed by atoms with Gasteiger partial charge in [-0.05, 0) is 24.6 Å². The number of rotatable bonds is 2. The Morgan fingerprint density at radius 2 is 1.68 bits per heavy atom. The summed E-state index contributed by atoms with van der Waals surface area (Å²) in [5.41, 5.74) is 1.25. The Kier molecular flexibility index (Phi) is 4.09. The van der Waals surface area contributed by atoms with E-state index in [1.807, 2.05) is 0 Å². The van der Waals surface area contributed by atoms with Crippen molar-refractivity contribution in [3.8, 4) is 0 Å². The molecular formula is C14H10Cl2F2O. The number of benzene rings is 2. The van der Waals surface area contributed by atoms with Crippen LogP contribution in [0.15, 0.2) is 30.3 Å². The summed E-state index contributed by atoms with van der Waals surface area (Å²) in [4.78, 5) is 0. The predicted octanol–water partition coefficient (Wildman–Crippen LogP) is 4.66. The predicted molar refractivity (Wildman–Crippen MR) is 71.6 cm³/mol. The lowest BCUT2D eigenvalue weighted by Gasteiger charge is -2.16. The maximum absolute atomic E-state index is 13.2. The van der Waals surface area contributed by atoms with Gasteiger partial charge in [0, 0.05) is 21.2 Å². The van der Waals surface area contributed by atoms with E-state index in [1.54, 1.807) is 25.1 Å². The minimum Gasteiger partial charge on any atom is -0.384 e. The molecule has 2 aromatic carbocycles. The second-order valence-corrected chi connectivity index (χ2v) is 4.95. The molecule has 1 nitrogen and oxygen atoms in total. The smallest absolute Gasteiger partial charge is 0.160 e. The fourth-order valence-corrected chi connectivity index (χ4v) is 2.28. The third-order valence-corrected chi connectivity index (χ3v) is 3.69. The van der Waals surface area contributed by atoms with Crippen molar-refractivity contribution in [1.82, 2.24) is 0 Å². The number of aryl methyl sites for hydroxylation is 1. The molecule has 0 saturated heterocycles. The summed E-state index contributed by atoms with van der Waals surface area (Å²) >= 11 is 11.9. The molecule has 0 bridgehead atoms. The summed E-state index contributed by atoms with van der Waals surface area (Å²) in [6.07, 6.45) is -1.21. The standard InChI is InChI=1S/C14H10Cl2F2O/c1-7-3-2-4-8(13(7)16)14(19)9-5-11(17)12(18)6-10(9)15/h2-6,14,19H,1H3. The van der Waals surface area contributed by atoms with Crippen molar-refractivity contribution >= 4 is 23.2 Å². The van der Waals surface area contributed by atoms with Crippen molar-refractivity contribution < 1.29 is 13.9 Å². The second kappa shape index (κ2) is 5.45. The van der Waals surface area contributed by atoms with Crippen LogP contribution in [0.25, 0.3) is 0 Å². The molecule has 1 atom stereocenters. The molecule has 0 aliphatic carbocycles. The van der Waals surface area contributed by atoms with Gasteiger partial charge in [-0.1, -0.05) is 41.4 Å². The van der Waals surface area contributed by atoms with Gasteiger partial charge in [0.15, 0.2) is 11.6 Å². The highest BCUT2D eigenvalue weighted by molar-refractivity contribution is 6.32. The lowest BCUT2D eigenvalue weighted by atomic mass is 9.99. The number of hydrogen-bond donors (Lipinski definition) is 1. The van der Waals surface area contributed by atoms with Gasteiger partial charge in [-0.25, -0.2) is 8.78 Å². The molecule has 100 valence electrons. The maximum Gasteiger partial charge on any atom is 0.160 e. The van der Waals surface area contributed by atoms with Crippen LogP contribution < -0.4 is 0 Å². The van der Waals surface area contributed by atoms with Crippen molar-refractivity contribution in [3.05, 3.63) is 68.7 Å². The first-order chi connectivity index (χ1) is 8.91. The minimum atomic E-state index is -1.21. The highest BCUT2D eigenvalue weighted by Gasteiger charge is 2.20. The van der Waals surface area contributed by atoms with Gasteiger partial charge in [0.25, 0.3) is 0 Å². The molecule has 0 amide bonds. The monoisotopic (exact) mass is 302 g/mol. The molecule has 0 radical (unpaired) electrons. The average molecular weight is 303 g/mol. The summed E-state index contributed by atoms with van der Waals surface area (Å²) < 4.78 is 26.2. The third-order valence-electron chi connectivity index (χ3n) is 2.85. The fourth-order valence-electron chi connectivity index (χ4n) is 1.80. The fraction of sp³-hybridized carbons (Fsp3) is 0.143. The first kappa shape index (κ1) is 14.3. The molecule has 0 fully saturated rings. The Balaban J connectivity index is 2.53. The first-order valence-electron chi connectivity index (χ1n) is 5.49. The van der Waals surface area contributed by atoms with Gasteiger partial charge in [0.2, 0.25) is 0 Å². The molecule has 1 N–H and O–H groups in total. The Hall–Kier alpha value is -1.16. The summed E-state index contributed by atoms with van der Waals surface area (Å²) in [6, 6.07) is 6.82. The van der Waals surface area contributed by atoms with Crippen molar-refractivity contribution in [2.45, 2.75) is 13.0 Å². The zero-order valence-corrected chi connectivity index (χ0v) is 11.4. The summed E-state index contributed by atoms with van der Waals surface area (Å²) in [5.74, 6) is -2.13. The number of aliphatic hydroxyl groups is 1. The van der Waals surface area contributed by atoms with Crippen LogP contribution in [0.1, 0.15) is 22.8 Å². The Morgan fingerprint density at radius 1 is 1.05 bits per heavy atom. The summed E-state index contributed by atoms with van der Waals surface area (Å²) in [6.45, 7) is 1.78. The van der Waals surface area contributed by atoms with Crippen LogP contribution in [0.2, 0.25) is 10.0 Å². The highest BCUT2D eigenvalue weighted by Crippen LogP contribution is 2.34. The van der Waals surface area contributed by atoms with Crippen LogP contribution in [-0.2, 0) is 0 Å². The van der Waals surface area contributed by atoms with Crippen molar-refractivity contribution in [2.75, 3.05) is 0 Å². The molecule has 5 heteroatoms. The van der Waals surface area contributed by atoms with Gasteiger partial charge >= 0.3 is 0 Å². The van der Waals surface area contributed by atoms with Gasteiger partial charge in [0.1, 0.15) is 6.10 Å². The molecule has 0 heterocycles. The topological polar surface area (TPSA) is 20.2 Å². The van der Waals surface area contributed by atoms with Gasteiger partial charge in [-0.2, -0.15) is 0 Å². The number of aliphatic hydroxyl groups excluding tert-OH is 1. The highest BCUT2D eigenvalue weighted by atomic mass is 35.5. The number of hydrogen-bond acceptors (Lipinski definition) is 1. The van der Waals surface area contributed by atoms with Crippen molar-refractivity contribution in [2.24, 2.45) is 0 Å². The van der Waals surface area contributed by atoms with E-state index in [4.69, 9.17) is 23.2 Å². The van der Waals surface area contributed by atoms with E-state index in [9.17, 15) is 13.9 Å². The molecule has 2 aromatic rings. The molecule has 19 heavy (non-hydrogen) atoms. The molecule has 0 aliphatic heterocycles. The molecule has 2 rings (SSSR count). The lowest BCUT2D eigenvalue weighted by Crippen LogP contribution is -2.03. The summed E-state index contributed by atoms with van der Waals surface area (Å²) in [5, 5.41) is 10.6. The quantitative estimate of drug-likeness (QED) is 0.800. The van der Waals surface area contributed by atoms with Crippen molar-refractivity contribution in [1.29, 1.82) is 0 Å². The second-order valence-electron chi connectivity index (χ2n) is 4.17. The Labute approximate surface area is 119 Å². The van der Waals surface area contributed by atoms with Gasteiger partial charge in [0.05, 0.1) is 0 Å². The zero-order valence-electron chi connectivity index (χ0n) is 9.92. The van der Waals surface area contributed by atoms with E-state index in [1.165, 1.54) is 0 Å². The van der Waals surface area contributed by atoms with E-state index in [2.05, 4.69) is 0 Å². The van der Waals surface area contributed by atoms with Crippen LogP contribution in [0.5, 0.6) is 0 Å². The molecule has 0 saturated carbocycles. The molecule has 0 aromatic heterocycles. The Morgan fingerprint density at radius 3 is 2.37 bits per heavy atom. The molecular weight excluding hydrogens is 293 g/mol. The average Bonchev–Trinajstić information content (AvgIpc) is 2.36. The van der Waals surface area contributed by atoms with E-state index in [-0.39, 0.29) is 10.6 Å². The van der Waals surface area contributed by atoms with Crippen LogP contribution in [0.4, 0.5) is 8.78 Å². The normalized spacial score (nSPS) is 12.5. The minimum absolute atomic E-state index is 0.0519. The van der Waals surface area contributed by atoms with Crippen LogP contribution in [-0.4, -0.2) is 5.11 Å². The SMILES string of the molecule is Cc1cccc(C(O)c2cc(F)c(F)cc2Cl)c1Cl. The van der Waals surface area contributed by atoms with Crippen molar-refractivity contribution in [3.63, 3.8) is 0 Å². The van der Waals surface area contributed by atoms with E-state index in [0.717, 1.165) is 17.7 Å². The maximum atomic E-state index is 13.2. The van der Waals surface area contributed by atoms with Gasteiger partial charge in [-0.15, -0.1) is 0 Å². The van der Waals surface area contributed by atoms with Crippen LogP contribution in [0.3, 0.4) is 0 Å². The largest absolute Gasteiger partial charge is 0.384 e. The van der Waals surface area contributed by atoms with E-state index >= 15 is 0 Å². The lowest BCUT2D eigenvalue weighted by molar-refractivity contribution is 0.219. The third kappa shape index (κ3) is 2.73. The number of halogens is 4. The first-order valence-corrected chi connectivity index (χ1v) is 6.25. The van der Waals surface area contributed by atoms with Gasteiger partial charge < -0.3 is 5.11 Å². The molecule has 0 spiro atoms. The van der Waals surface area contributed by atoms with E-state index in [0.29, 0.717) is 10.6 Å². The van der Waals surface area contributed by atoms with Gasteiger partial charge in [-0.3, -0.25) is 0 Å². The summed E-state index contributed by atoms with van der Waals surface area (Å²) in [7, 11) is 0. The molecule has 0 aliphatic rings. The van der Waals surface area contributed by atoms with Crippen LogP contribution >= 0.6 is 23.2 Å². The van der Waals surface area contributed by atoms with Crippen LogP contribution in [0, 0.1) is 18.6 Å². The molecule has 1 unspecified atom stereocenters. The zero-order chi connectivity index (χ0) is 14.2. The Bertz CT molecular complexity index is 629.